The molecule has 4 nitrogen and oxygen atoms in total. The molecule has 0 aliphatic carbocycles. The van der Waals surface area contributed by atoms with Crippen LogP contribution in [0, 0.1) is 0 Å². The first-order valence-corrected chi connectivity index (χ1v) is 9.11. The molecule has 138 valence electrons. The van der Waals surface area contributed by atoms with E-state index < -0.39 is 0 Å². The number of carbonyl (C=O) groups is 1. The summed E-state index contributed by atoms with van der Waals surface area (Å²) in [5.41, 5.74) is 3.11. The van der Waals surface area contributed by atoms with Crippen LogP contribution >= 0.6 is 0 Å². The molecular formula is C22H27NO3. The molecule has 26 heavy (non-hydrogen) atoms. The number of hydrogen-bond donors (Lipinski definition) is 0. The van der Waals surface area contributed by atoms with Crippen molar-refractivity contribution < 1.29 is 14.3 Å². The summed E-state index contributed by atoms with van der Waals surface area (Å²) in [6.07, 6.45) is 0. The van der Waals surface area contributed by atoms with Crippen LogP contribution in [0.15, 0.2) is 42.5 Å². The zero-order chi connectivity index (χ0) is 18.7. The Hall–Kier alpha value is -2.49. The first-order chi connectivity index (χ1) is 12.3. The third-order valence-corrected chi connectivity index (χ3v) is 4.68. The van der Waals surface area contributed by atoms with Crippen molar-refractivity contribution in [2.45, 2.75) is 33.1 Å². The predicted octanol–water partition coefficient (Wildman–Crippen LogP) is 4.46. The van der Waals surface area contributed by atoms with Gasteiger partial charge in [-0.3, -0.25) is 4.79 Å². The fourth-order valence-electron chi connectivity index (χ4n) is 3.05. The molecule has 1 aliphatic heterocycles. The van der Waals surface area contributed by atoms with Gasteiger partial charge in [0.25, 0.3) is 0 Å². The van der Waals surface area contributed by atoms with Crippen LogP contribution < -0.4 is 14.4 Å². The highest BCUT2D eigenvalue weighted by Crippen LogP contribution is 2.32. The molecule has 0 N–H and O–H groups in total. The van der Waals surface area contributed by atoms with Crippen molar-refractivity contribution in [1.82, 2.24) is 0 Å². The van der Waals surface area contributed by atoms with E-state index in [-0.39, 0.29) is 11.2 Å². The van der Waals surface area contributed by atoms with Crippen molar-refractivity contribution in [3.63, 3.8) is 0 Å². The van der Waals surface area contributed by atoms with Crippen LogP contribution in [0.5, 0.6) is 11.5 Å². The second-order valence-electron chi connectivity index (χ2n) is 7.70. The summed E-state index contributed by atoms with van der Waals surface area (Å²) in [5, 5.41) is 0. The Bertz CT molecular complexity index is 775. The lowest BCUT2D eigenvalue weighted by atomic mass is 9.87. The van der Waals surface area contributed by atoms with E-state index in [1.807, 2.05) is 30.3 Å². The molecule has 4 heteroatoms. The maximum absolute atomic E-state index is 11.7. The number of Topliss-reactive ketones (excluding diaryl/α,β-unsaturated/α-hetero) is 1. The summed E-state index contributed by atoms with van der Waals surface area (Å²) < 4.78 is 11.6. The molecule has 2 aromatic carbocycles. The fraction of sp³-hybridized carbons (Fsp3) is 0.409. The molecule has 0 spiro atoms. The Kier molecular flexibility index (Phi) is 5.21. The molecule has 2 aromatic rings. The zero-order valence-electron chi connectivity index (χ0n) is 16.0. The van der Waals surface area contributed by atoms with Gasteiger partial charge in [0.2, 0.25) is 0 Å². The molecule has 0 saturated heterocycles. The van der Waals surface area contributed by atoms with Gasteiger partial charge in [-0.2, -0.15) is 0 Å². The quantitative estimate of drug-likeness (QED) is 0.744. The van der Waals surface area contributed by atoms with Gasteiger partial charge in [-0.1, -0.05) is 32.9 Å². The van der Waals surface area contributed by atoms with Gasteiger partial charge in [0.15, 0.2) is 5.78 Å². The van der Waals surface area contributed by atoms with E-state index in [2.05, 4.69) is 37.8 Å². The molecule has 1 heterocycles. The second-order valence-corrected chi connectivity index (χ2v) is 7.70. The van der Waals surface area contributed by atoms with Gasteiger partial charge in [0.05, 0.1) is 18.8 Å². The molecule has 3 rings (SSSR count). The van der Waals surface area contributed by atoms with Gasteiger partial charge in [0, 0.05) is 5.56 Å². The van der Waals surface area contributed by atoms with E-state index in [0.717, 1.165) is 30.3 Å². The third-order valence-electron chi connectivity index (χ3n) is 4.68. The van der Waals surface area contributed by atoms with E-state index >= 15 is 0 Å². The maximum atomic E-state index is 11.7. The van der Waals surface area contributed by atoms with Crippen LogP contribution in [-0.2, 0) is 5.41 Å². The van der Waals surface area contributed by atoms with Gasteiger partial charge in [0.1, 0.15) is 24.7 Å². The van der Waals surface area contributed by atoms with Crippen LogP contribution in [0.1, 0.15) is 43.6 Å². The summed E-state index contributed by atoms with van der Waals surface area (Å²) in [6, 6.07) is 13.9. The van der Waals surface area contributed by atoms with E-state index in [1.165, 1.54) is 5.56 Å². The van der Waals surface area contributed by atoms with Crippen molar-refractivity contribution in [2.24, 2.45) is 0 Å². The maximum Gasteiger partial charge on any atom is 0.159 e. The lowest BCUT2D eigenvalue weighted by Gasteiger charge is -2.31. The van der Waals surface area contributed by atoms with Crippen LogP contribution in [0.2, 0.25) is 0 Å². The highest BCUT2D eigenvalue weighted by Gasteiger charge is 2.19. The van der Waals surface area contributed by atoms with E-state index in [9.17, 15) is 4.79 Å². The molecule has 0 bridgehead atoms. The summed E-state index contributed by atoms with van der Waals surface area (Å²) in [5.74, 6) is 1.77. The van der Waals surface area contributed by atoms with Crippen molar-refractivity contribution in [3.8, 4) is 11.5 Å². The molecular weight excluding hydrogens is 326 g/mol. The SMILES string of the molecule is CC(=O)c1ccc2c(c1)N(CCOc1ccc(C(C)(C)C)cc1)CCO2. The molecule has 0 atom stereocenters. The smallest absolute Gasteiger partial charge is 0.159 e. The number of fused-ring (bicyclic) bond motifs is 1. The Balaban J connectivity index is 1.63. The molecule has 1 aliphatic rings. The summed E-state index contributed by atoms with van der Waals surface area (Å²) in [6.45, 7) is 11.0. The van der Waals surface area contributed by atoms with Crippen LogP contribution in [-0.4, -0.2) is 32.1 Å². The van der Waals surface area contributed by atoms with Crippen LogP contribution in [0.4, 0.5) is 5.69 Å². The molecule has 0 radical (unpaired) electrons. The van der Waals surface area contributed by atoms with Gasteiger partial charge in [-0.25, -0.2) is 0 Å². The number of rotatable bonds is 5. The number of carbonyl (C=O) groups excluding carboxylic acids is 1. The van der Waals surface area contributed by atoms with Gasteiger partial charge < -0.3 is 14.4 Å². The minimum absolute atomic E-state index is 0.0634. The highest BCUT2D eigenvalue weighted by atomic mass is 16.5. The Morgan fingerprint density at radius 3 is 2.54 bits per heavy atom. The first kappa shape index (κ1) is 18.3. The molecule has 0 aromatic heterocycles. The van der Waals surface area contributed by atoms with Crippen LogP contribution in [0.25, 0.3) is 0 Å². The second kappa shape index (κ2) is 7.40. The highest BCUT2D eigenvalue weighted by molar-refractivity contribution is 5.95. The van der Waals surface area contributed by atoms with E-state index in [1.54, 1.807) is 6.92 Å². The largest absolute Gasteiger partial charge is 0.492 e. The summed E-state index contributed by atoms with van der Waals surface area (Å²) in [7, 11) is 0. The molecule has 0 amide bonds. The van der Waals surface area contributed by atoms with E-state index in [0.29, 0.717) is 18.8 Å². The lowest BCUT2D eigenvalue weighted by molar-refractivity contribution is 0.101. The molecule has 0 saturated carbocycles. The van der Waals surface area contributed by atoms with Crippen molar-refractivity contribution in [2.75, 3.05) is 31.2 Å². The van der Waals surface area contributed by atoms with Gasteiger partial charge in [-0.15, -0.1) is 0 Å². The minimum Gasteiger partial charge on any atom is -0.492 e. The number of hydrogen-bond acceptors (Lipinski definition) is 4. The van der Waals surface area contributed by atoms with Crippen molar-refractivity contribution in [1.29, 1.82) is 0 Å². The Morgan fingerprint density at radius 1 is 1.15 bits per heavy atom. The topological polar surface area (TPSA) is 38.8 Å². The standard InChI is InChI=1S/C22H27NO3/c1-16(24)17-5-10-21-20(15-17)23(12-14-26-21)11-13-25-19-8-6-18(7-9-19)22(2,3)4/h5-10,15H,11-14H2,1-4H3. The zero-order valence-corrected chi connectivity index (χ0v) is 16.0. The van der Waals surface area contributed by atoms with E-state index in [4.69, 9.17) is 9.47 Å². The third kappa shape index (κ3) is 4.18. The van der Waals surface area contributed by atoms with Gasteiger partial charge >= 0.3 is 0 Å². The number of ketones is 1. The fourth-order valence-corrected chi connectivity index (χ4v) is 3.05. The minimum atomic E-state index is 0.0634. The Labute approximate surface area is 155 Å². The summed E-state index contributed by atoms with van der Waals surface area (Å²) in [4.78, 5) is 13.9. The normalized spacial score (nSPS) is 13.8. The number of anilines is 1. The number of ether oxygens (including phenoxy) is 2. The van der Waals surface area contributed by atoms with Crippen LogP contribution in [0.3, 0.4) is 0 Å². The Morgan fingerprint density at radius 2 is 1.88 bits per heavy atom. The molecule has 0 fully saturated rings. The number of benzene rings is 2. The lowest BCUT2D eigenvalue weighted by Crippen LogP contribution is -2.36. The molecule has 0 unspecified atom stereocenters. The predicted molar refractivity (Wildman–Crippen MR) is 105 cm³/mol. The average Bonchev–Trinajstić information content (AvgIpc) is 2.61. The monoisotopic (exact) mass is 353 g/mol. The number of nitrogens with zero attached hydrogens (tertiary/aromatic N) is 1. The average molecular weight is 353 g/mol. The van der Waals surface area contributed by atoms with Crippen molar-refractivity contribution >= 4 is 11.5 Å². The summed E-state index contributed by atoms with van der Waals surface area (Å²) >= 11 is 0. The van der Waals surface area contributed by atoms with Crippen molar-refractivity contribution in [3.05, 3.63) is 53.6 Å². The first-order valence-electron chi connectivity index (χ1n) is 9.11. The van der Waals surface area contributed by atoms with Gasteiger partial charge in [-0.05, 0) is 48.2 Å².